The second-order valence-electron chi connectivity index (χ2n) is 4.03. The molecule has 0 saturated carbocycles. The van der Waals surface area contributed by atoms with E-state index in [0.717, 1.165) is 13.2 Å². The Morgan fingerprint density at radius 3 is 2.72 bits per heavy atom. The summed E-state index contributed by atoms with van der Waals surface area (Å²) in [5, 5.41) is 2.91. The van der Waals surface area contributed by atoms with Gasteiger partial charge in [-0.05, 0) is 30.5 Å². The summed E-state index contributed by atoms with van der Waals surface area (Å²) < 4.78 is 43.7. The number of alkyl halides is 3. The van der Waals surface area contributed by atoms with Crippen LogP contribution in [0.15, 0.2) is 12.1 Å². The quantitative estimate of drug-likeness (QED) is 0.788. The van der Waals surface area contributed by atoms with E-state index >= 15 is 0 Å². The number of benzene rings is 1. The fourth-order valence-corrected chi connectivity index (χ4v) is 2.17. The van der Waals surface area contributed by atoms with Gasteiger partial charge in [-0.15, -0.1) is 0 Å². The van der Waals surface area contributed by atoms with E-state index in [0.29, 0.717) is 25.1 Å². The Labute approximate surface area is 102 Å². The van der Waals surface area contributed by atoms with E-state index in [1.807, 2.05) is 0 Å². The molecule has 1 N–H and O–H groups in total. The molecule has 0 aliphatic carbocycles. The maximum Gasteiger partial charge on any atom is 0.417 e. The van der Waals surface area contributed by atoms with E-state index in [1.165, 1.54) is 6.07 Å². The van der Waals surface area contributed by atoms with Crippen molar-refractivity contribution in [1.29, 1.82) is 0 Å². The number of rotatable bonds is 1. The minimum Gasteiger partial charge on any atom is -0.465 e. The SMILES string of the molecule is COC(=O)c1ccc2c(c1C(F)(F)F)CCCN2. The summed E-state index contributed by atoms with van der Waals surface area (Å²) in [5.41, 5.74) is -0.704. The standard InChI is InChI=1S/C12H12F3NO2/c1-18-11(17)8-4-5-9-7(3-2-6-16-9)10(8)12(13,14)15/h4-5,16H,2-3,6H2,1H3. The molecule has 6 heteroatoms. The number of methoxy groups -OCH3 is 1. The van der Waals surface area contributed by atoms with E-state index in [1.54, 1.807) is 0 Å². The van der Waals surface area contributed by atoms with Gasteiger partial charge in [0.2, 0.25) is 0 Å². The molecule has 0 amide bonds. The van der Waals surface area contributed by atoms with Crippen molar-refractivity contribution in [3.05, 3.63) is 28.8 Å². The monoisotopic (exact) mass is 259 g/mol. The third-order valence-corrected chi connectivity index (χ3v) is 2.92. The largest absolute Gasteiger partial charge is 0.465 e. The lowest BCUT2D eigenvalue weighted by Gasteiger charge is -2.23. The summed E-state index contributed by atoms with van der Waals surface area (Å²) in [4.78, 5) is 11.4. The number of anilines is 1. The molecule has 0 bridgehead atoms. The maximum atomic E-state index is 13.1. The van der Waals surface area contributed by atoms with Crippen LogP contribution in [0.2, 0.25) is 0 Å². The molecule has 0 unspecified atom stereocenters. The number of esters is 1. The van der Waals surface area contributed by atoms with Crippen molar-refractivity contribution in [3.63, 3.8) is 0 Å². The summed E-state index contributed by atoms with van der Waals surface area (Å²) in [7, 11) is 1.07. The van der Waals surface area contributed by atoms with E-state index in [4.69, 9.17) is 0 Å². The Kier molecular flexibility index (Phi) is 3.19. The zero-order valence-electron chi connectivity index (χ0n) is 9.73. The van der Waals surface area contributed by atoms with E-state index < -0.39 is 23.3 Å². The molecule has 1 aliphatic rings. The van der Waals surface area contributed by atoms with Crippen molar-refractivity contribution in [2.45, 2.75) is 19.0 Å². The highest BCUT2D eigenvalue weighted by Crippen LogP contribution is 2.39. The van der Waals surface area contributed by atoms with Crippen LogP contribution >= 0.6 is 0 Å². The third kappa shape index (κ3) is 2.14. The van der Waals surface area contributed by atoms with Gasteiger partial charge in [-0.1, -0.05) is 0 Å². The minimum atomic E-state index is -4.56. The first-order valence-corrected chi connectivity index (χ1v) is 5.50. The van der Waals surface area contributed by atoms with Gasteiger partial charge in [-0.3, -0.25) is 0 Å². The molecule has 1 aliphatic heterocycles. The number of carbonyl (C=O) groups excluding carboxylic acids is 1. The first kappa shape index (κ1) is 12.7. The lowest BCUT2D eigenvalue weighted by molar-refractivity contribution is -0.138. The normalized spacial score (nSPS) is 14.7. The van der Waals surface area contributed by atoms with Crippen LogP contribution in [0.3, 0.4) is 0 Å². The maximum absolute atomic E-state index is 13.1. The Morgan fingerprint density at radius 2 is 2.11 bits per heavy atom. The fourth-order valence-electron chi connectivity index (χ4n) is 2.17. The number of fused-ring (bicyclic) bond motifs is 1. The molecule has 1 aromatic rings. The number of carbonyl (C=O) groups is 1. The summed E-state index contributed by atoms with van der Waals surface area (Å²) in [6, 6.07) is 2.65. The molecule has 1 aromatic carbocycles. The number of halogens is 3. The molecular weight excluding hydrogens is 247 g/mol. The van der Waals surface area contributed by atoms with Crippen molar-refractivity contribution in [2.24, 2.45) is 0 Å². The second-order valence-corrected chi connectivity index (χ2v) is 4.03. The topological polar surface area (TPSA) is 38.3 Å². The molecule has 3 nitrogen and oxygen atoms in total. The third-order valence-electron chi connectivity index (χ3n) is 2.92. The summed E-state index contributed by atoms with van der Waals surface area (Å²) >= 11 is 0. The number of hydrogen-bond acceptors (Lipinski definition) is 3. The van der Waals surface area contributed by atoms with Gasteiger partial charge < -0.3 is 10.1 Å². The highest BCUT2D eigenvalue weighted by molar-refractivity contribution is 5.92. The van der Waals surface area contributed by atoms with Crippen LogP contribution in [0.5, 0.6) is 0 Å². The van der Waals surface area contributed by atoms with Gasteiger partial charge in [0, 0.05) is 12.2 Å². The van der Waals surface area contributed by atoms with Crippen LogP contribution in [-0.2, 0) is 17.3 Å². The highest BCUT2D eigenvalue weighted by Gasteiger charge is 2.39. The molecule has 0 spiro atoms. The Bertz CT molecular complexity index is 483. The second kappa shape index (κ2) is 4.51. The number of ether oxygens (including phenoxy) is 1. The van der Waals surface area contributed by atoms with E-state index in [-0.39, 0.29) is 5.56 Å². The highest BCUT2D eigenvalue weighted by atomic mass is 19.4. The predicted octanol–water partition coefficient (Wildman–Crippen LogP) is 2.85. The molecule has 0 atom stereocenters. The molecular formula is C12H12F3NO2. The van der Waals surface area contributed by atoms with Crippen LogP contribution in [0, 0.1) is 0 Å². The average molecular weight is 259 g/mol. The van der Waals surface area contributed by atoms with Crippen molar-refractivity contribution >= 4 is 11.7 Å². The molecule has 0 fully saturated rings. The molecule has 0 aromatic heterocycles. The van der Waals surface area contributed by atoms with E-state index in [2.05, 4.69) is 10.1 Å². The lowest BCUT2D eigenvalue weighted by atomic mass is 9.93. The fraction of sp³-hybridized carbons (Fsp3) is 0.417. The molecule has 0 radical (unpaired) electrons. The van der Waals surface area contributed by atoms with Gasteiger partial charge in [-0.2, -0.15) is 13.2 Å². The van der Waals surface area contributed by atoms with Gasteiger partial charge in [0.15, 0.2) is 0 Å². The van der Waals surface area contributed by atoms with Crippen LogP contribution in [-0.4, -0.2) is 19.6 Å². The van der Waals surface area contributed by atoms with E-state index in [9.17, 15) is 18.0 Å². The summed E-state index contributed by atoms with van der Waals surface area (Å²) in [5.74, 6) is -0.962. The van der Waals surface area contributed by atoms with Crippen LogP contribution in [0.25, 0.3) is 0 Å². The van der Waals surface area contributed by atoms with Crippen molar-refractivity contribution in [3.8, 4) is 0 Å². The molecule has 98 valence electrons. The lowest BCUT2D eigenvalue weighted by Crippen LogP contribution is -2.22. The smallest absolute Gasteiger partial charge is 0.417 e. The Balaban J connectivity index is 2.65. The molecule has 18 heavy (non-hydrogen) atoms. The van der Waals surface area contributed by atoms with Crippen molar-refractivity contribution in [2.75, 3.05) is 19.0 Å². The predicted molar refractivity (Wildman–Crippen MR) is 59.6 cm³/mol. The molecule has 0 saturated heterocycles. The number of nitrogens with one attached hydrogen (secondary N) is 1. The van der Waals surface area contributed by atoms with Crippen molar-refractivity contribution < 1.29 is 22.7 Å². The first-order chi connectivity index (χ1) is 8.45. The average Bonchev–Trinajstić information content (AvgIpc) is 2.35. The summed E-state index contributed by atoms with van der Waals surface area (Å²) in [6.45, 7) is 0.641. The van der Waals surface area contributed by atoms with Crippen LogP contribution in [0.4, 0.5) is 18.9 Å². The van der Waals surface area contributed by atoms with Gasteiger partial charge in [0.1, 0.15) is 0 Å². The summed E-state index contributed by atoms with van der Waals surface area (Å²) in [6.07, 6.45) is -3.64. The number of hydrogen-bond donors (Lipinski definition) is 1. The molecule has 1 heterocycles. The van der Waals surface area contributed by atoms with Gasteiger partial charge >= 0.3 is 12.1 Å². The minimum absolute atomic E-state index is 0.150. The van der Waals surface area contributed by atoms with Crippen LogP contribution in [0.1, 0.15) is 27.9 Å². The van der Waals surface area contributed by atoms with Gasteiger partial charge in [0.25, 0.3) is 0 Å². The Hall–Kier alpha value is -1.72. The Morgan fingerprint density at radius 1 is 1.39 bits per heavy atom. The molecule has 2 rings (SSSR count). The van der Waals surface area contributed by atoms with Gasteiger partial charge in [0.05, 0.1) is 18.2 Å². The zero-order chi connectivity index (χ0) is 13.3. The first-order valence-electron chi connectivity index (χ1n) is 5.50. The van der Waals surface area contributed by atoms with Crippen molar-refractivity contribution in [1.82, 2.24) is 0 Å². The van der Waals surface area contributed by atoms with Crippen LogP contribution < -0.4 is 5.32 Å². The zero-order valence-corrected chi connectivity index (χ0v) is 9.73. The van der Waals surface area contributed by atoms with Gasteiger partial charge in [-0.25, -0.2) is 4.79 Å².